The normalized spacial score (nSPS) is 10.4. The third kappa shape index (κ3) is 4.38. The highest BCUT2D eigenvalue weighted by atomic mass is 19.1. The number of methoxy groups -OCH3 is 1. The molecule has 0 radical (unpaired) electrons. The average molecular weight is 367 g/mol. The molecule has 2 heterocycles. The molecule has 1 N–H and O–H groups in total. The molecule has 7 heteroatoms. The number of nitrogens with one attached hydrogen (secondary N) is 1. The smallest absolute Gasteiger partial charge is 0.292 e. The first kappa shape index (κ1) is 18.3. The SMILES string of the molecule is COc1cccn(CCNC(=O)c2ccc(-c3cccc(F)c3)nc2)c1=O. The Morgan fingerprint density at radius 3 is 2.78 bits per heavy atom. The number of benzene rings is 1. The van der Waals surface area contributed by atoms with Crippen molar-refractivity contribution in [1.29, 1.82) is 0 Å². The highest BCUT2D eigenvalue weighted by Crippen LogP contribution is 2.17. The van der Waals surface area contributed by atoms with Crippen LogP contribution in [0, 0.1) is 5.82 Å². The number of ether oxygens (including phenoxy) is 1. The van der Waals surface area contributed by atoms with Crippen LogP contribution in [0.25, 0.3) is 11.3 Å². The Hall–Kier alpha value is -3.48. The maximum Gasteiger partial charge on any atom is 0.292 e. The van der Waals surface area contributed by atoms with Crippen LogP contribution < -0.4 is 15.6 Å². The second-order valence-electron chi connectivity index (χ2n) is 5.77. The van der Waals surface area contributed by atoms with Crippen molar-refractivity contribution in [2.75, 3.05) is 13.7 Å². The van der Waals surface area contributed by atoms with Crippen molar-refractivity contribution in [2.24, 2.45) is 0 Å². The van der Waals surface area contributed by atoms with Crippen molar-refractivity contribution in [1.82, 2.24) is 14.9 Å². The lowest BCUT2D eigenvalue weighted by Crippen LogP contribution is -2.30. The van der Waals surface area contributed by atoms with Crippen molar-refractivity contribution >= 4 is 5.91 Å². The number of amides is 1. The van der Waals surface area contributed by atoms with Gasteiger partial charge in [-0.05, 0) is 36.4 Å². The van der Waals surface area contributed by atoms with Crippen LogP contribution in [0.1, 0.15) is 10.4 Å². The molecule has 3 aromatic rings. The van der Waals surface area contributed by atoms with Gasteiger partial charge in [0.05, 0.1) is 18.4 Å². The number of halogens is 1. The molecule has 1 amide bonds. The van der Waals surface area contributed by atoms with E-state index in [1.807, 2.05) is 0 Å². The van der Waals surface area contributed by atoms with Crippen molar-refractivity contribution in [3.63, 3.8) is 0 Å². The molecule has 3 rings (SSSR count). The fourth-order valence-corrected chi connectivity index (χ4v) is 2.58. The van der Waals surface area contributed by atoms with E-state index in [2.05, 4.69) is 10.3 Å². The molecule has 0 spiro atoms. The minimum absolute atomic E-state index is 0.251. The van der Waals surface area contributed by atoms with Gasteiger partial charge in [0, 0.05) is 31.0 Å². The lowest BCUT2D eigenvalue weighted by molar-refractivity contribution is 0.0952. The molecule has 0 fully saturated rings. The van der Waals surface area contributed by atoms with Gasteiger partial charge in [-0.3, -0.25) is 14.6 Å². The number of aromatic nitrogens is 2. The minimum Gasteiger partial charge on any atom is -0.491 e. The van der Waals surface area contributed by atoms with Crippen LogP contribution in [0.3, 0.4) is 0 Å². The van der Waals surface area contributed by atoms with Crippen LogP contribution in [0.2, 0.25) is 0 Å². The lowest BCUT2D eigenvalue weighted by atomic mass is 10.1. The summed E-state index contributed by atoms with van der Waals surface area (Å²) in [6.07, 6.45) is 3.07. The predicted octanol–water partition coefficient (Wildman–Crippen LogP) is 2.49. The molecule has 0 aliphatic heterocycles. The number of rotatable bonds is 6. The topological polar surface area (TPSA) is 73.2 Å². The monoisotopic (exact) mass is 367 g/mol. The molecular weight excluding hydrogens is 349 g/mol. The molecule has 0 aliphatic carbocycles. The lowest BCUT2D eigenvalue weighted by Gasteiger charge is -2.09. The Bertz CT molecular complexity index is 1000. The molecule has 2 aromatic heterocycles. The zero-order chi connectivity index (χ0) is 19.2. The van der Waals surface area contributed by atoms with Gasteiger partial charge < -0.3 is 14.6 Å². The van der Waals surface area contributed by atoms with Gasteiger partial charge in [0.15, 0.2) is 5.75 Å². The first-order valence-corrected chi connectivity index (χ1v) is 8.32. The number of carbonyl (C=O) groups excluding carboxylic acids is 1. The molecule has 0 unspecified atom stereocenters. The van der Waals surface area contributed by atoms with Crippen LogP contribution in [0.4, 0.5) is 4.39 Å². The van der Waals surface area contributed by atoms with Crippen molar-refractivity contribution in [3.05, 3.63) is 82.7 Å². The van der Waals surface area contributed by atoms with Crippen LogP contribution >= 0.6 is 0 Å². The average Bonchev–Trinajstić information content (AvgIpc) is 2.69. The van der Waals surface area contributed by atoms with E-state index in [4.69, 9.17) is 4.74 Å². The van der Waals surface area contributed by atoms with Crippen LogP contribution in [0.15, 0.2) is 65.7 Å². The Kier molecular flexibility index (Phi) is 5.61. The second kappa shape index (κ2) is 8.27. The summed E-state index contributed by atoms with van der Waals surface area (Å²) >= 11 is 0. The molecule has 138 valence electrons. The molecule has 6 nitrogen and oxygen atoms in total. The molecule has 0 saturated carbocycles. The van der Waals surface area contributed by atoms with Gasteiger partial charge in [-0.15, -0.1) is 0 Å². The van der Waals surface area contributed by atoms with Gasteiger partial charge >= 0.3 is 0 Å². The van der Waals surface area contributed by atoms with Gasteiger partial charge in [-0.25, -0.2) is 4.39 Å². The van der Waals surface area contributed by atoms with E-state index in [1.54, 1.807) is 42.6 Å². The molecule has 0 atom stereocenters. The van der Waals surface area contributed by atoms with E-state index >= 15 is 0 Å². The maximum absolute atomic E-state index is 13.3. The number of pyridine rings is 2. The zero-order valence-electron chi connectivity index (χ0n) is 14.7. The molecule has 0 saturated heterocycles. The van der Waals surface area contributed by atoms with Crippen LogP contribution in [-0.4, -0.2) is 29.1 Å². The van der Waals surface area contributed by atoms with Crippen molar-refractivity contribution in [3.8, 4) is 17.0 Å². The quantitative estimate of drug-likeness (QED) is 0.727. The first-order chi connectivity index (χ1) is 13.1. The van der Waals surface area contributed by atoms with Gasteiger partial charge in [0.2, 0.25) is 0 Å². The Morgan fingerprint density at radius 1 is 1.22 bits per heavy atom. The summed E-state index contributed by atoms with van der Waals surface area (Å²) in [5.74, 6) is -0.394. The van der Waals surface area contributed by atoms with E-state index in [1.165, 1.54) is 30.0 Å². The third-order valence-electron chi connectivity index (χ3n) is 3.99. The molecule has 1 aromatic carbocycles. The van der Waals surface area contributed by atoms with E-state index < -0.39 is 0 Å². The fraction of sp³-hybridized carbons (Fsp3) is 0.150. The number of carbonyl (C=O) groups is 1. The predicted molar refractivity (Wildman–Crippen MR) is 99.2 cm³/mol. The van der Waals surface area contributed by atoms with Crippen LogP contribution in [0.5, 0.6) is 5.75 Å². The largest absolute Gasteiger partial charge is 0.491 e. The summed E-state index contributed by atoms with van der Waals surface area (Å²) < 4.78 is 19.7. The van der Waals surface area contributed by atoms with E-state index in [0.717, 1.165) is 0 Å². The summed E-state index contributed by atoms with van der Waals surface area (Å²) in [7, 11) is 1.43. The summed E-state index contributed by atoms with van der Waals surface area (Å²) in [6.45, 7) is 0.591. The molecule has 0 bridgehead atoms. The van der Waals surface area contributed by atoms with Crippen LogP contribution in [-0.2, 0) is 6.54 Å². The second-order valence-corrected chi connectivity index (χ2v) is 5.77. The fourth-order valence-electron chi connectivity index (χ4n) is 2.58. The van der Waals surface area contributed by atoms with Crippen molar-refractivity contribution < 1.29 is 13.9 Å². The van der Waals surface area contributed by atoms with Gasteiger partial charge in [0.25, 0.3) is 11.5 Å². The molecule has 27 heavy (non-hydrogen) atoms. The Balaban J connectivity index is 1.61. The highest BCUT2D eigenvalue weighted by molar-refractivity contribution is 5.94. The minimum atomic E-state index is -0.344. The number of hydrogen-bond donors (Lipinski definition) is 1. The first-order valence-electron chi connectivity index (χ1n) is 8.32. The highest BCUT2D eigenvalue weighted by Gasteiger charge is 2.08. The summed E-state index contributed by atoms with van der Waals surface area (Å²) in [6, 6.07) is 12.7. The molecule has 0 aliphatic rings. The van der Waals surface area contributed by atoms with Crippen molar-refractivity contribution in [2.45, 2.75) is 6.54 Å². The Labute approximate surface area is 155 Å². The summed E-state index contributed by atoms with van der Waals surface area (Å²) in [5, 5.41) is 2.74. The zero-order valence-corrected chi connectivity index (χ0v) is 14.7. The number of nitrogens with zero attached hydrogens (tertiary/aromatic N) is 2. The van der Waals surface area contributed by atoms with E-state index in [0.29, 0.717) is 23.4 Å². The van der Waals surface area contributed by atoms with E-state index in [9.17, 15) is 14.0 Å². The number of hydrogen-bond acceptors (Lipinski definition) is 4. The maximum atomic E-state index is 13.3. The van der Waals surface area contributed by atoms with E-state index in [-0.39, 0.29) is 29.6 Å². The van der Waals surface area contributed by atoms with Gasteiger partial charge in [-0.1, -0.05) is 12.1 Å². The summed E-state index contributed by atoms with van der Waals surface area (Å²) in [5.41, 5.74) is 1.34. The Morgan fingerprint density at radius 2 is 2.07 bits per heavy atom. The summed E-state index contributed by atoms with van der Waals surface area (Å²) in [4.78, 5) is 28.5. The standard InChI is InChI=1S/C20H18FN3O3/c1-27-18-6-3-10-24(20(18)26)11-9-22-19(25)15-7-8-17(23-13-15)14-4-2-5-16(21)12-14/h2-8,10,12-13H,9,11H2,1H3,(H,22,25). The molecular formula is C20H18FN3O3. The third-order valence-corrected chi connectivity index (χ3v) is 3.99. The van der Waals surface area contributed by atoms with Gasteiger partial charge in [-0.2, -0.15) is 0 Å². The van der Waals surface area contributed by atoms with Gasteiger partial charge in [0.1, 0.15) is 5.82 Å².